The molecule has 0 radical (unpaired) electrons. The van der Waals surface area contributed by atoms with Gasteiger partial charge < -0.3 is 45.3 Å². The third-order valence-electron chi connectivity index (χ3n) is 1.50. The smallest absolute Gasteiger partial charge is 0.317 e. The molecule has 0 aliphatic heterocycles. The standard InChI is InChI=1S/3C4H11N.2H3O4P/c3*1-3-5-4-2;2*1-5(2,3)4/h3*5H,3-4H2,1-2H3;2*(H3,1,2,3,4). The lowest BCUT2D eigenvalue weighted by Crippen LogP contribution is -2.09. The zero-order chi connectivity index (χ0) is 21.4. The van der Waals surface area contributed by atoms with Gasteiger partial charge in [-0.05, 0) is 39.3 Å². The van der Waals surface area contributed by atoms with Crippen molar-refractivity contribution in [3.8, 4) is 0 Å². The van der Waals surface area contributed by atoms with Crippen LogP contribution in [0.1, 0.15) is 41.5 Å². The van der Waals surface area contributed by atoms with Crippen LogP contribution in [0.15, 0.2) is 0 Å². The van der Waals surface area contributed by atoms with Crippen molar-refractivity contribution in [1.82, 2.24) is 16.0 Å². The summed E-state index contributed by atoms with van der Waals surface area (Å²) < 4.78 is 17.8. The number of nitrogens with one attached hydrogen (secondary N) is 3. The Hall–Kier alpha value is 0.1000. The Morgan fingerprint density at radius 3 is 0.560 bits per heavy atom. The first kappa shape index (κ1) is 36.1. The molecule has 9 N–H and O–H groups in total. The van der Waals surface area contributed by atoms with Crippen molar-refractivity contribution in [2.45, 2.75) is 41.5 Å². The van der Waals surface area contributed by atoms with Gasteiger partial charge in [-0.15, -0.1) is 0 Å². The van der Waals surface area contributed by atoms with Crippen molar-refractivity contribution in [2.24, 2.45) is 0 Å². The zero-order valence-corrected chi connectivity index (χ0v) is 17.9. The summed E-state index contributed by atoms with van der Waals surface area (Å²) in [6, 6.07) is 0. The molecule has 0 aliphatic carbocycles. The Balaban J connectivity index is -0.0000000667. The van der Waals surface area contributed by atoms with Gasteiger partial charge in [-0.1, -0.05) is 41.5 Å². The highest BCUT2D eigenvalue weighted by atomic mass is 31.2. The number of hydrogen-bond donors (Lipinski definition) is 9. The first-order valence-corrected chi connectivity index (χ1v) is 11.1. The van der Waals surface area contributed by atoms with Crippen molar-refractivity contribution in [2.75, 3.05) is 39.3 Å². The molecule has 0 rings (SSSR count). The van der Waals surface area contributed by atoms with Gasteiger partial charge in [0.05, 0.1) is 0 Å². The van der Waals surface area contributed by atoms with E-state index in [1.807, 2.05) is 0 Å². The highest BCUT2D eigenvalue weighted by Crippen LogP contribution is 2.26. The van der Waals surface area contributed by atoms with Gasteiger partial charge in [0.2, 0.25) is 0 Å². The average Bonchev–Trinajstić information content (AvgIpc) is 2.39. The van der Waals surface area contributed by atoms with Crippen LogP contribution < -0.4 is 16.0 Å². The van der Waals surface area contributed by atoms with E-state index in [1.165, 1.54) is 0 Å². The van der Waals surface area contributed by atoms with E-state index in [0.717, 1.165) is 39.3 Å². The lowest BCUT2D eigenvalue weighted by Gasteiger charge is -1.86. The average molecular weight is 415 g/mol. The van der Waals surface area contributed by atoms with Crippen LogP contribution in [-0.4, -0.2) is 68.6 Å². The predicted octanol–water partition coefficient (Wildman–Crippen LogP) is -0.00980. The molecule has 0 aliphatic rings. The second-order valence-corrected chi connectivity index (χ2v) is 5.95. The highest BCUT2D eigenvalue weighted by Gasteiger charge is 2.00. The van der Waals surface area contributed by atoms with Crippen LogP contribution in [-0.2, 0) is 9.13 Å². The minimum atomic E-state index is -4.64. The molecule has 0 aromatic heterocycles. The van der Waals surface area contributed by atoms with E-state index in [2.05, 4.69) is 57.5 Å². The van der Waals surface area contributed by atoms with Crippen LogP contribution in [0.25, 0.3) is 0 Å². The Morgan fingerprint density at radius 1 is 0.480 bits per heavy atom. The van der Waals surface area contributed by atoms with E-state index in [0.29, 0.717) is 0 Å². The summed E-state index contributed by atoms with van der Waals surface area (Å²) in [5.74, 6) is 0. The fourth-order valence-corrected chi connectivity index (χ4v) is 0.750. The van der Waals surface area contributed by atoms with E-state index >= 15 is 0 Å². The Labute approximate surface area is 151 Å². The minimum Gasteiger partial charge on any atom is -0.317 e. The Morgan fingerprint density at radius 2 is 0.560 bits per heavy atom. The van der Waals surface area contributed by atoms with Gasteiger partial charge >= 0.3 is 15.6 Å². The first-order chi connectivity index (χ1) is 11.2. The number of phosphoric acid groups is 2. The third kappa shape index (κ3) is 316. The molecule has 160 valence electrons. The second-order valence-electron chi connectivity index (χ2n) is 3.90. The van der Waals surface area contributed by atoms with E-state index in [9.17, 15) is 0 Å². The van der Waals surface area contributed by atoms with Crippen molar-refractivity contribution in [3.63, 3.8) is 0 Å². The van der Waals surface area contributed by atoms with Crippen LogP contribution in [0.3, 0.4) is 0 Å². The zero-order valence-electron chi connectivity index (χ0n) is 16.1. The monoisotopic (exact) mass is 415 g/mol. The molecule has 0 heterocycles. The predicted molar refractivity (Wildman–Crippen MR) is 101 cm³/mol. The van der Waals surface area contributed by atoms with Crippen molar-refractivity contribution < 1.29 is 38.5 Å². The van der Waals surface area contributed by atoms with Crippen LogP contribution in [0.4, 0.5) is 0 Å². The van der Waals surface area contributed by atoms with E-state index < -0.39 is 15.6 Å². The van der Waals surface area contributed by atoms with Gasteiger partial charge in [-0.3, -0.25) is 0 Å². The summed E-state index contributed by atoms with van der Waals surface area (Å²) in [5, 5.41) is 9.33. The summed E-state index contributed by atoms with van der Waals surface area (Å²) in [6.07, 6.45) is 0. The summed E-state index contributed by atoms with van der Waals surface area (Å²) in [4.78, 5) is 43.1. The molecule has 0 atom stereocenters. The maximum atomic E-state index is 8.88. The van der Waals surface area contributed by atoms with Crippen LogP contribution in [0.5, 0.6) is 0 Å². The molecular formula is C12H39N3O8P2. The molecule has 0 aromatic carbocycles. The molecule has 0 aromatic rings. The van der Waals surface area contributed by atoms with Crippen LogP contribution in [0.2, 0.25) is 0 Å². The summed E-state index contributed by atoms with van der Waals surface area (Å²) >= 11 is 0. The van der Waals surface area contributed by atoms with Gasteiger partial charge in [0.25, 0.3) is 0 Å². The number of rotatable bonds is 6. The molecule has 0 spiro atoms. The molecule has 0 saturated heterocycles. The van der Waals surface area contributed by atoms with Gasteiger partial charge in [-0.2, -0.15) is 0 Å². The largest absolute Gasteiger partial charge is 0.466 e. The van der Waals surface area contributed by atoms with E-state index in [-0.39, 0.29) is 0 Å². The molecule has 11 nitrogen and oxygen atoms in total. The molecule has 25 heavy (non-hydrogen) atoms. The molecule has 0 bridgehead atoms. The van der Waals surface area contributed by atoms with Gasteiger partial charge in [0.1, 0.15) is 0 Å². The Bertz CT molecular complexity index is 243. The fourth-order valence-electron chi connectivity index (χ4n) is 0.750. The van der Waals surface area contributed by atoms with Crippen molar-refractivity contribution in [3.05, 3.63) is 0 Å². The summed E-state index contributed by atoms with van der Waals surface area (Å²) in [7, 11) is -9.28. The maximum Gasteiger partial charge on any atom is 0.466 e. The molecule has 0 fully saturated rings. The molecule has 0 amide bonds. The molecular weight excluding hydrogens is 376 g/mol. The van der Waals surface area contributed by atoms with E-state index in [1.54, 1.807) is 0 Å². The van der Waals surface area contributed by atoms with Crippen LogP contribution >= 0.6 is 15.6 Å². The third-order valence-corrected chi connectivity index (χ3v) is 1.50. The summed E-state index contributed by atoms with van der Waals surface area (Å²) in [6.45, 7) is 19.2. The lowest BCUT2D eigenvalue weighted by atomic mass is 10.7. The summed E-state index contributed by atoms with van der Waals surface area (Å²) in [5.41, 5.74) is 0. The molecule has 13 heteroatoms. The second kappa shape index (κ2) is 28.9. The molecule has 0 saturated carbocycles. The Kier molecular flexibility index (Phi) is 41.7. The lowest BCUT2D eigenvalue weighted by molar-refractivity contribution is 0.272. The van der Waals surface area contributed by atoms with Crippen LogP contribution in [0, 0.1) is 0 Å². The maximum absolute atomic E-state index is 8.88. The van der Waals surface area contributed by atoms with Crippen molar-refractivity contribution >= 4 is 15.6 Å². The fraction of sp³-hybridized carbons (Fsp3) is 1.00. The SMILES string of the molecule is CCNCC.CCNCC.CCNCC.O=P(O)(O)O.O=P(O)(O)O. The van der Waals surface area contributed by atoms with E-state index in [4.69, 9.17) is 38.5 Å². The molecule has 0 unspecified atom stereocenters. The van der Waals surface area contributed by atoms with Gasteiger partial charge in [-0.25, -0.2) is 9.13 Å². The topological polar surface area (TPSA) is 192 Å². The first-order valence-electron chi connectivity index (χ1n) is 7.93. The normalized spacial score (nSPS) is 9.76. The van der Waals surface area contributed by atoms with Crippen molar-refractivity contribution in [1.29, 1.82) is 0 Å². The number of hydrogen-bond acceptors (Lipinski definition) is 5. The quantitative estimate of drug-likeness (QED) is 0.265. The highest BCUT2D eigenvalue weighted by molar-refractivity contribution is 7.45. The van der Waals surface area contributed by atoms with Gasteiger partial charge in [0.15, 0.2) is 0 Å². The minimum absolute atomic E-state index is 1.09. The van der Waals surface area contributed by atoms with Gasteiger partial charge in [0, 0.05) is 0 Å².